The van der Waals surface area contributed by atoms with Gasteiger partial charge in [0.05, 0.1) is 5.60 Å². The molecule has 0 radical (unpaired) electrons. The van der Waals surface area contributed by atoms with E-state index in [4.69, 9.17) is 0 Å². The number of hydrogen-bond donors (Lipinski definition) is 1. The van der Waals surface area contributed by atoms with E-state index in [9.17, 15) is 5.11 Å². The van der Waals surface area contributed by atoms with E-state index in [-0.39, 0.29) is 0 Å². The highest BCUT2D eigenvalue weighted by Crippen LogP contribution is 2.66. The lowest BCUT2D eigenvalue weighted by Crippen LogP contribution is -2.51. The third-order valence-electron chi connectivity index (χ3n) is 8.33. The van der Waals surface area contributed by atoms with Gasteiger partial charge in [0.15, 0.2) is 0 Å². The molecule has 4 aliphatic rings. The molecule has 4 rings (SSSR count). The molecule has 0 bridgehead atoms. The van der Waals surface area contributed by atoms with Crippen LogP contribution in [0.1, 0.15) is 72.1 Å². The van der Waals surface area contributed by atoms with E-state index >= 15 is 0 Å². The first-order valence-corrected chi connectivity index (χ1v) is 9.36. The largest absolute Gasteiger partial charge is 0.390 e. The Hall–Kier alpha value is -0.560. The molecule has 0 saturated heterocycles. The number of allylic oxidation sites excluding steroid dienone is 2. The van der Waals surface area contributed by atoms with Crippen LogP contribution in [0.5, 0.6) is 0 Å². The molecule has 1 N–H and O–H groups in total. The van der Waals surface area contributed by atoms with E-state index in [0.29, 0.717) is 10.8 Å². The van der Waals surface area contributed by atoms with Gasteiger partial charge in [-0.1, -0.05) is 37.6 Å². The summed E-state index contributed by atoms with van der Waals surface area (Å²) in [6, 6.07) is 0. The second-order valence-electron chi connectivity index (χ2n) is 9.53. The monoisotopic (exact) mass is 300 g/mol. The smallest absolute Gasteiger partial charge is 0.0657 e. The van der Waals surface area contributed by atoms with Gasteiger partial charge in [0.25, 0.3) is 0 Å². The highest BCUT2D eigenvalue weighted by atomic mass is 16.3. The van der Waals surface area contributed by atoms with Crippen molar-refractivity contribution in [3.05, 3.63) is 23.8 Å². The third-order valence-corrected chi connectivity index (χ3v) is 8.33. The molecule has 0 aromatic carbocycles. The summed E-state index contributed by atoms with van der Waals surface area (Å²) in [5, 5.41) is 10.5. The molecule has 6 atom stereocenters. The van der Waals surface area contributed by atoms with Gasteiger partial charge in [-0.05, 0) is 86.9 Å². The summed E-state index contributed by atoms with van der Waals surface area (Å²) in [5.41, 5.74) is 3.41. The van der Waals surface area contributed by atoms with Crippen LogP contribution in [0.25, 0.3) is 0 Å². The summed E-state index contributed by atoms with van der Waals surface area (Å²) in [7, 11) is 0. The molecule has 0 heterocycles. The molecule has 3 saturated carbocycles. The fraction of sp³-hybridized carbons (Fsp3) is 0.810. The van der Waals surface area contributed by atoms with E-state index in [2.05, 4.69) is 26.5 Å². The molecule has 0 aliphatic heterocycles. The summed E-state index contributed by atoms with van der Waals surface area (Å²) in [4.78, 5) is 0. The van der Waals surface area contributed by atoms with Crippen molar-refractivity contribution in [3.8, 4) is 0 Å². The molecule has 0 amide bonds. The quantitative estimate of drug-likeness (QED) is 0.605. The van der Waals surface area contributed by atoms with Crippen LogP contribution in [0.15, 0.2) is 23.8 Å². The van der Waals surface area contributed by atoms with Crippen LogP contribution in [0.4, 0.5) is 0 Å². The van der Waals surface area contributed by atoms with Gasteiger partial charge in [-0.25, -0.2) is 0 Å². The van der Waals surface area contributed by atoms with Crippen molar-refractivity contribution in [1.29, 1.82) is 0 Å². The second-order valence-corrected chi connectivity index (χ2v) is 9.53. The number of hydrogen-bond acceptors (Lipinski definition) is 1. The van der Waals surface area contributed by atoms with E-state index in [1.807, 2.05) is 6.92 Å². The molecule has 22 heavy (non-hydrogen) atoms. The molecule has 6 unspecified atom stereocenters. The second kappa shape index (κ2) is 4.50. The molecule has 4 aliphatic carbocycles. The first kappa shape index (κ1) is 15.0. The molecule has 1 nitrogen and oxygen atoms in total. The van der Waals surface area contributed by atoms with Crippen molar-refractivity contribution in [1.82, 2.24) is 0 Å². The third kappa shape index (κ3) is 1.87. The van der Waals surface area contributed by atoms with Gasteiger partial charge in [-0.2, -0.15) is 0 Å². The number of rotatable bonds is 0. The minimum Gasteiger partial charge on any atom is -0.390 e. The zero-order chi connectivity index (χ0) is 15.8. The minimum absolute atomic E-state index is 0.358. The molecule has 122 valence electrons. The van der Waals surface area contributed by atoms with Gasteiger partial charge in [0, 0.05) is 0 Å². The highest BCUT2D eigenvalue weighted by Gasteiger charge is 2.57. The van der Waals surface area contributed by atoms with E-state index in [1.165, 1.54) is 44.1 Å². The lowest BCUT2D eigenvalue weighted by atomic mass is 9.47. The Morgan fingerprint density at radius 2 is 1.77 bits per heavy atom. The van der Waals surface area contributed by atoms with Crippen LogP contribution in [-0.2, 0) is 0 Å². The average Bonchev–Trinajstić information content (AvgIpc) is 2.76. The van der Waals surface area contributed by atoms with Gasteiger partial charge in [-0.3, -0.25) is 0 Å². The fourth-order valence-corrected chi connectivity index (χ4v) is 6.71. The molecule has 0 aromatic rings. The van der Waals surface area contributed by atoms with Crippen LogP contribution in [0.2, 0.25) is 0 Å². The summed E-state index contributed by atoms with van der Waals surface area (Å²) >= 11 is 0. The molecule has 1 heteroatoms. The Kier molecular flexibility index (Phi) is 3.07. The topological polar surface area (TPSA) is 20.2 Å². The molecule has 0 spiro atoms. The Morgan fingerprint density at radius 1 is 1.05 bits per heavy atom. The van der Waals surface area contributed by atoms with Crippen molar-refractivity contribution in [2.24, 2.45) is 28.6 Å². The standard InChI is InChI=1S/C21H32O/c1-14-5-8-17-16-7-6-15-13-19(2,22)11-12-21(15,4)18(16)9-10-20(14,17)3/h6,16-18,22H,1,5,7-13H2,2-4H3. The first-order chi connectivity index (χ1) is 10.3. The summed E-state index contributed by atoms with van der Waals surface area (Å²) in [6.07, 6.45) is 12.2. The predicted molar refractivity (Wildman–Crippen MR) is 91.5 cm³/mol. The lowest BCUT2D eigenvalue weighted by molar-refractivity contribution is -0.0503. The Morgan fingerprint density at radius 3 is 2.55 bits per heavy atom. The Labute approximate surface area is 135 Å². The van der Waals surface area contributed by atoms with Crippen LogP contribution in [0, 0.1) is 28.6 Å². The van der Waals surface area contributed by atoms with E-state index < -0.39 is 5.60 Å². The first-order valence-electron chi connectivity index (χ1n) is 9.36. The zero-order valence-corrected chi connectivity index (χ0v) is 14.6. The van der Waals surface area contributed by atoms with Crippen LogP contribution < -0.4 is 0 Å². The normalized spacial score (nSPS) is 54.3. The molecule has 0 aromatic heterocycles. The van der Waals surface area contributed by atoms with Crippen molar-refractivity contribution < 1.29 is 5.11 Å². The van der Waals surface area contributed by atoms with Crippen LogP contribution in [0.3, 0.4) is 0 Å². The van der Waals surface area contributed by atoms with Gasteiger partial charge in [0.2, 0.25) is 0 Å². The van der Waals surface area contributed by atoms with Crippen molar-refractivity contribution >= 4 is 0 Å². The van der Waals surface area contributed by atoms with Gasteiger partial charge in [-0.15, -0.1) is 0 Å². The van der Waals surface area contributed by atoms with Crippen molar-refractivity contribution in [3.63, 3.8) is 0 Å². The van der Waals surface area contributed by atoms with E-state index in [0.717, 1.165) is 30.6 Å². The fourth-order valence-electron chi connectivity index (χ4n) is 6.71. The molecule has 3 fully saturated rings. The lowest BCUT2D eigenvalue weighted by Gasteiger charge is -2.58. The minimum atomic E-state index is -0.469. The van der Waals surface area contributed by atoms with Gasteiger partial charge in [0.1, 0.15) is 0 Å². The summed E-state index contributed by atoms with van der Waals surface area (Å²) in [5.74, 6) is 2.55. The van der Waals surface area contributed by atoms with Gasteiger partial charge < -0.3 is 5.11 Å². The van der Waals surface area contributed by atoms with Crippen molar-refractivity contribution in [2.45, 2.75) is 77.7 Å². The zero-order valence-electron chi connectivity index (χ0n) is 14.6. The van der Waals surface area contributed by atoms with Crippen LogP contribution >= 0.6 is 0 Å². The highest BCUT2D eigenvalue weighted by molar-refractivity contribution is 5.29. The maximum atomic E-state index is 10.5. The predicted octanol–water partition coefficient (Wildman–Crippen LogP) is 5.26. The Bertz CT molecular complexity index is 542. The SMILES string of the molecule is C=C1CCC2C3CC=C4CC(C)(O)CCC4(C)C3CCC12C. The molecular formula is C21H32O. The Balaban J connectivity index is 1.69. The van der Waals surface area contributed by atoms with Crippen molar-refractivity contribution in [2.75, 3.05) is 0 Å². The van der Waals surface area contributed by atoms with Crippen LogP contribution in [-0.4, -0.2) is 10.7 Å². The maximum Gasteiger partial charge on any atom is 0.0657 e. The van der Waals surface area contributed by atoms with Gasteiger partial charge >= 0.3 is 0 Å². The maximum absolute atomic E-state index is 10.5. The average molecular weight is 300 g/mol. The number of fused-ring (bicyclic) bond motifs is 5. The van der Waals surface area contributed by atoms with E-state index in [1.54, 1.807) is 5.57 Å². The summed E-state index contributed by atoms with van der Waals surface area (Å²) < 4.78 is 0. The molecular weight excluding hydrogens is 268 g/mol. The number of aliphatic hydroxyl groups is 1. The summed E-state index contributed by atoms with van der Waals surface area (Å²) in [6.45, 7) is 11.5.